The van der Waals surface area contributed by atoms with Gasteiger partial charge in [-0.05, 0) is 19.1 Å². The average molecular weight is 310 g/mol. The third-order valence-electron chi connectivity index (χ3n) is 3.00. The van der Waals surface area contributed by atoms with Crippen LogP contribution in [0.1, 0.15) is 29.7 Å². The van der Waals surface area contributed by atoms with Crippen molar-refractivity contribution in [1.82, 2.24) is 9.55 Å². The number of aromatic nitrogens is 2. The first kappa shape index (κ1) is 15.5. The predicted octanol–water partition coefficient (Wildman–Crippen LogP) is 3.00. The Morgan fingerprint density at radius 1 is 1.50 bits per heavy atom. The summed E-state index contributed by atoms with van der Waals surface area (Å²) >= 11 is 0. The normalized spacial score (nSPS) is 10.7. The van der Waals surface area contributed by atoms with Gasteiger partial charge in [0.2, 0.25) is 0 Å². The number of benzene rings is 1. The van der Waals surface area contributed by atoms with E-state index in [-0.39, 0.29) is 35.1 Å². The molecule has 0 bridgehead atoms. The fourth-order valence-corrected chi connectivity index (χ4v) is 1.88. The minimum absolute atomic E-state index is 0.0416. The Morgan fingerprint density at radius 3 is 2.82 bits per heavy atom. The van der Waals surface area contributed by atoms with Crippen LogP contribution in [0.5, 0.6) is 0 Å². The maximum absolute atomic E-state index is 12.7. The van der Waals surface area contributed by atoms with E-state index in [9.17, 15) is 23.7 Å². The predicted molar refractivity (Wildman–Crippen MR) is 73.9 cm³/mol. The molecule has 0 atom stereocenters. The van der Waals surface area contributed by atoms with E-state index < -0.39 is 11.5 Å². The molecule has 1 heterocycles. The summed E-state index contributed by atoms with van der Waals surface area (Å²) in [5.41, 5.74) is 0.0213. The molecular weight excluding hydrogens is 298 g/mol. The first-order valence-electron chi connectivity index (χ1n) is 6.23. The topological polar surface area (TPSA) is 90.1 Å². The van der Waals surface area contributed by atoms with Crippen LogP contribution in [0, 0.1) is 10.1 Å². The summed E-state index contributed by atoms with van der Waals surface area (Å²) in [6.45, 7) is -1.56. The summed E-state index contributed by atoms with van der Waals surface area (Å²) in [7, 11) is 0. The summed E-state index contributed by atoms with van der Waals surface area (Å²) in [4.78, 5) is 25.4. The number of ketones is 1. The van der Waals surface area contributed by atoms with Crippen LogP contribution in [0.2, 0.25) is 0 Å². The molecule has 0 aliphatic carbocycles. The molecule has 1 aromatic carbocycles. The molecule has 0 amide bonds. The Labute approximate surface area is 123 Å². The Hall–Kier alpha value is -2.84. The maximum Gasteiger partial charge on any atom is 0.319 e. The van der Waals surface area contributed by atoms with Crippen molar-refractivity contribution in [1.29, 1.82) is 0 Å². The molecule has 1 N–H and O–H groups in total. The lowest BCUT2D eigenvalue weighted by Gasteiger charge is -2.09. The molecule has 0 fully saturated rings. The third-order valence-corrected chi connectivity index (χ3v) is 3.00. The van der Waals surface area contributed by atoms with E-state index >= 15 is 0 Å². The van der Waals surface area contributed by atoms with E-state index in [1.165, 1.54) is 25.3 Å². The van der Waals surface area contributed by atoms with E-state index in [2.05, 4.69) is 10.3 Å². The number of Topliss-reactive ketones (excluding diaryl/α,β-unsaturated/α-hetero) is 1. The molecule has 2 aromatic rings. The number of hydrogen-bond acceptors (Lipinski definition) is 5. The van der Waals surface area contributed by atoms with Crippen LogP contribution in [-0.2, 0) is 6.54 Å². The van der Waals surface area contributed by atoms with Gasteiger partial charge in [0.1, 0.15) is 11.5 Å². The number of nitrogens with one attached hydrogen (secondary N) is 1. The molecule has 0 radical (unpaired) electrons. The first-order chi connectivity index (χ1) is 10.4. The molecule has 2 rings (SSSR count). The van der Waals surface area contributed by atoms with Crippen LogP contribution in [0.15, 0.2) is 30.6 Å². The van der Waals surface area contributed by atoms with Gasteiger partial charge in [-0.25, -0.2) is 4.98 Å². The van der Waals surface area contributed by atoms with Crippen molar-refractivity contribution in [3.8, 4) is 0 Å². The van der Waals surface area contributed by atoms with Crippen LogP contribution in [0.3, 0.4) is 0 Å². The van der Waals surface area contributed by atoms with Gasteiger partial charge in [-0.2, -0.15) is 8.78 Å². The smallest absolute Gasteiger partial charge is 0.319 e. The number of carbonyl (C=O) groups excluding carboxylic acids is 1. The van der Waals surface area contributed by atoms with Gasteiger partial charge in [-0.1, -0.05) is 0 Å². The largest absolute Gasteiger partial charge is 0.372 e. The highest BCUT2D eigenvalue weighted by Gasteiger charge is 2.17. The van der Waals surface area contributed by atoms with Crippen LogP contribution in [0.4, 0.5) is 20.2 Å². The lowest BCUT2D eigenvalue weighted by atomic mass is 10.1. The van der Waals surface area contributed by atoms with Gasteiger partial charge in [-0.3, -0.25) is 19.5 Å². The van der Waals surface area contributed by atoms with E-state index in [0.717, 1.165) is 12.3 Å². The Balaban J connectivity index is 2.24. The molecule has 0 saturated heterocycles. The highest BCUT2D eigenvalue weighted by Crippen LogP contribution is 2.26. The number of nitro groups is 1. The standard InChI is InChI=1S/C13H12F2N4O3/c1-8(20)9-2-3-10(11(6-9)19(21)22)17-7-12-16-4-5-18(12)13(14)15/h2-6,13,17H,7H2,1H3. The number of halogens is 2. The van der Waals surface area contributed by atoms with Gasteiger partial charge in [0.05, 0.1) is 11.5 Å². The van der Waals surface area contributed by atoms with E-state index in [0.29, 0.717) is 4.57 Å². The van der Waals surface area contributed by atoms with Gasteiger partial charge in [0.25, 0.3) is 5.69 Å². The molecule has 9 heteroatoms. The SMILES string of the molecule is CC(=O)c1ccc(NCc2nccn2C(F)F)c([N+](=O)[O-])c1. The van der Waals surface area contributed by atoms with Crippen molar-refractivity contribution >= 4 is 17.2 Å². The lowest BCUT2D eigenvalue weighted by molar-refractivity contribution is -0.384. The molecule has 0 saturated carbocycles. The zero-order chi connectivity index (χ0) is 16.3. The monoisotopic (exact) mass is 310 g/mol. The molecule has 22 heavy (non-hydrogen) atoms. The highest BCUT2D eigenvalue weighted by molar-refractivity contribution is 5.95. The third kappa shape index (κ3) is 3.25. The minimum atomic E-state index is -2.74. The fourth-order valence-electron chi connectivity index (χ4n) is 1.88. The van der Waals surface area contributed by atoms with Gasteiger partial charge >= 0.3 is 6.55 Å². The van der Waals surface area contributed by atoms with Crippen molar-refractivity contribution in [2.75, 3.05) is 5.32 Å². The van der Waals surface area contributed by atoms with Crippen LogP contribution in [-0.4, -0.2) is 20.3 Å². The van der Waals surface area contributed by atoms with Crippen LogP contribution in [0.25, 0.3) is 0 Å². The average Bonchev–Trinajstić information content (AvgIpc) is 2.93. The zero-order valence-electron chi connectivity index (χ0n) is 11.5. The molecular formula is C13H12F2N4O3. The quantitative estimate of drug-likeness (QED) is 0.503. The zero-order valence-corrected chi connectivity index (χ0v) is 11.5. The number of anilines is 1. The fraction of sp³-hybridized carbons (Fsp3) is 0.231. The summed E-state index contributed by atoms with van der Waals surface area (Å²) < 4.78 is 26.0. The number of alkyl halides is 2. The molecule has 0 spiro atoms. The second-order valence-electron chi connectivity index (χ2n) is 4.43. The Bertz CT molecular complexity index is 715. The van der Waals surface area contributed by atoms with Crippen LogP contribution >= 0.6 is 0 Å². The van der Waals surface area contributed by atoms with Crippen molar-refractivity contribution in [2.24, 2.45) is 0 Å². The summed E-state index contributed by atoms with van der Waals surface area (Å²) in [5, 5.41) is 13.7. The van der Waals surface area contributed by atoms with Crippen molar-refractivity contribution < 1.29 is 18.5 Å². The van der Waals surface area contributed by atoms with Crippen LogP contribution < -0.4 is 5.32 Å². The number of rotatable bonds is 6. The van der Waals surface area contributed by atoms with E-state index in [1.54, 1.807) is 0 Å². The number of imidazole rings is 1. The van der Waals surface area contributed by atoms with Gasteiger partial charge in [-0.15, -0.1) is 0 Å². The minimum Gasteiger partial charge on any atom is -0.372 e. The van der Waals surface area contributed by atoms with E-state index in [4.69, 9.17) is 0 Å². The second kappa shape index (κ2) is 6.29. The van der Waals surface area contributed by atoms with Crippen molar-refractivity contribution in [3.05, 3.63) is 52.1 Å². The second-order valence-corrected chi connectivity index (χ2v) is 4.43. The number of hydrogen-bond donors (Lipinski definition) is 1. The molecule has 0 aliphatic heterocycles. The highest BCUT2D eigenvalue weighted by atomic mass is 19.3. The first-order valence-corrected chi connectivity index (χ1v) is 6.23. The lowest BCUT2D eigenvalue weighted by Crippen LogP contribution is -2.10. The van der Waals surface area contributed by atoms with Crippen molar-refractivity contribution in [3.63, 3.8) is 0 Å². The molecule has 7 nitrogen and oxygen atoms in total. The van der Waals surface area contributed by atoms with Gasteiger partial charge in [0.15, 0.2) is 5.78 Å². The molecule has 0 aliphatic rings. The van der Waals surface area contributed by atoms with E-state index in [1.807, 2.05) is 0 Å². The summed E-state index contributed by atoms with van der Waals surface area (Å²) in [5.74, 6) is -0.261. The Morgan fingerprint density at radius 2 is 2.23 bits per heavy atom. The summed E-state index contributed by atoms with van der Waals surface area (Å²) in [6, 6.07) is 3.94. The number of nitrogens with zero attached hydrogens (tertiary/aromatic N) is 3. The summed E-state index contributed by atoms with van der Waals surface area (Å²) in [6.07, 6.45) is 2.34. The molecule has 1 aromatic heterocycles. The molecule has 0 unspecified atom stereocenters. The van der Waals surface area contributed by atoms with Crippen molar-refractivity contribution in [2.45, 2.75) is 20.0 Å². The maximum atomic E-state index is 12.7. The number of carbonyl (C=O) groups is 1. The number of nitro benzene ring substituents is 1. The van der Waals surface area contributed by atoms with Gasteiger partial charge < -0.3 is 5.32 Å². The van der Waals surface area contributed by atoms with Gasteiger partial charge in [0, 0.05) is 24.0 Å². The molecule has 116 valence electrons. The Kier molecular flexibility index (Phi) is 4.44.